The number of ketones is 1. The summed E-state index contributed by atoms with van der Waals surface area (Å²) in [5, 5.41) is 4.64. The van der Waals surface area contributed by atoms with Crippen LogP contribution >= 0.6 is 0 Å². The smallest absolute Gasteiger partial charge is 0.254 e. The zero-order chi connectivity index (χ0) is 25.1. The molecule has 0 unspecified atom stereocenters. The van der Waals surface area contributed by atoms with Crippen LogP contribution in [0, 0.1) is 13.8 Å². The van der Waals surface area contributed by atoms with Crippen molar-refractivity contribution in [1.29, 1.82) is 0 Å². The first-order chi connectivity index (χ1) is 16.8. The molecule has 2 aromatic carbocycles. The summed E-state index contributed by atoms with van der Waals surface area (Å²) in [7, 11) is 1.66. The monoisotopic (exact) mass is 474 g/mol. The molecule has 2 amide bonds. The van der Waals surface area contributed by atoms with Gasteiger partial charge in [-0.1, -0.05) is 17.7 Å². The molecule has 35 heavy (non-hydrogen) atoms. The second-order valence-electron chi connectivity index (χ2n) is 8.92. The summed E-state index contributed by atoms with van der Waals surface area (Å²) >= 11 is 0. The van der Waals surface area contributed by atoms with Crippen molar-refractivity contribution in [1.82, 2.24) is 14.7 Å². The van der Waals surface area contributed by atoms with Gasteiger partial charge in [0.1, 0.15) is 0 Å². The molecule has 1 aliphatic rings. The lowest BCUT2D eigenvalue weighted by atomic mass is 9.99. The third-order valence-corrected chi connectivity index (χ3v) is 6.34. The van der Waals surface area contributed by atoms with E-state index in [1.807, 2.05) is 25.1 Å². The summed E-state index contributed by atoms with van der Waals surface area (Å²) in [4.78, 5) is 39.7. The molecule has 8 heteroatoms. The maximum atomic E-state index is 13.1. The Morgan fingerprint density at radius 3 is 2.49 bits per heavy atom. The van der Waals surface area contributed by atoms with Crippen molar-refractivity contribution >= 4 is 17.6 Å². The van der Waals surface area contributed by atoms with Crippen LogP contribution in [0.3, 0.4) is 0 Å². The highest BCUT2D eigenvalue weighted by Gasteiger charge is 2.32. The number of nitrogens with two attached hydrogens (primary N) is 1. The number of fused-ring (bicyclic) bond motifs is 1. The average Bonchev–Trinajstić information content (AvgIpc) is 3.18. The number of unbranched alkanes of at least 4 members (excludes halogenated alkanes) is 1. The van der Waals surface area contributed by atoms with Gasteiger partial charge in [0.15, 0.2) is 5.78 Å². The van der Waals surface area contributed by atoms with Gasteiger partial charge < -0.3 is 15.4 Å². The molecule has 0 saturated carbocycles. The van der Waals surface area contributed by atoms with Crippen LogP contribution in [-0.2, 0) is 17.7 Å². The fraction of sp³-hybridized carbons (Fsp3) is 0.333. The fourth-order valence-electron chi connectivity index (χ4n) is 4.53. The Morgan fingerprint density at radius 1 is 1.06 bits per heavy atom. The third kappa shape index (κ3) is 5.02. The van der Waals surface area contributed by atoms with Gasteiger partial charge in [-0.2, -0.15) is 5.10 Å². The Bertz CT molecular complexity index is 1280. The van der Waals surface area contributed by atoms with E-state index in [2.05, 4.69) is 5.10 Å². The van der Waals surface area contributed by atoms with Crippen LogP contribution in [0.1, 0.15) is 66.4 Å². The average molecular weight is 475 g/mol. The van der Waals surface area contributed by atoms with Crippen LogP contribution in [0.25, 0.3) is 5.69 Å². The SMILES string of the molecule is COCCCCc1cc(-n2nc(C)c3c2CN(C(=O)c2ccc(C)cc2)CC3=O)ccc1C(N)=O. The standard InChI is InChI=1S/C27H30N4O4/c1-17-7-9-19(10-8-17)27(34)30-15-23-25(24(32)16-30)18(2)29-31(23)21-11-12-22(26(28)33)20(14-21)6-4-5-13-35-3/h7-12,14H,4-6,13,15-16H2,1-3H3,(H2,28,33). The quantitative estimate of drug-likeness (QED) is 0.504. The number of carbonyl (C=O) groups is 3. The number of methoxy groups -OCH3 is 1. The molecule has 0 spiro atoms. The molecule has 0 radical (unpaired) electrons. The Morgan fingerprint density at radius 2 is 1.80 bits per heavy atom. The number of benzene rings is 2. The zero-order valence-corrected chi connectivity index (χ0v) is 20.3. The number of Topliss-reactive ketones (excluding diaryl/α,β-unsaturated/α-hetero) is 1. The minimum absolute atomic E-state index is 0.0115. The van der Waals surface area contributed by atoms with Crippen molar-refractivity contribution in [3.05, 3.63) is 81.7 Å². The largest absolute Gasteiger partial charge is 0.385 e. The van der Waals surface area contributed by atoms with Crippen molar-refractivity contribution in [2.75, 3.05) is 20.3 Å². The Hall–Kier alpha value is -3.78. The van der Waals surface area contributed by atoms with Gasteiger partial charge in [0.25, 0.3) is 5.91 Å². The fourth-order valence-corrected chi connectivity index (χ4v) is 4.53. The summed E-state index contributed by atoms with van der Waals surface area (Å²) in [6.45, 7) is 4.67. The van der Waals surface area contributed by atoms with E-state index in [9.17, 15) is 14.4 Å². The molecule has 0 aliphatic carbocycles. The van der Waals surface area contributed by atoms with E-state index >= 15 is 0 Å². The Labute approximate surface area is 204 Å². The molecule has 182 valence electrons. The number of aryl methyl sites for hydroxylation is 3. The molecule has 0 atom stereocenters. The summed E-state index contributed by atoms with van der Waals surface area (Å²) in [5.41, 5.74) is 11.1. The summed E-state index contributed by atoms with van der Waals surface area (Å²) in [6, 6.07) is 12.7. The maximum absolute atomic E-state index is 13.1. The number of aromatic nitrogens is 2. The zero-order valence-electron chi connectivity index (χ0n) is 20.3. The van der Waals surface area contributed by atoms with Crippen LogP contribution in [0.2, 0.25) is 0 Å². The van der Waals surface area contributed by atoms with Crippen LogP contribution in [0.5, 0.6) is 0 Å². The van der Waals surface area contributed by atoms with Gasteiger partial charge in [0, 0.05) is 24.8 Å². The molecular formula is C27H30N4O4. The van der Waals surface area contributed by atoms with E-state index in [1.165, 1.54) is 0 Å². The van der Waals surface area contributed by atoms with Gasteiger partial charge in [-0.3, -0.25) is 14.4 Å². The van der Waals surface area contributed by atoms with Crippen LogP contribution in [0.15, 0.2) is 42.5 Å². The van der Waals surface area contributed by atoms with Crippen molar-refractivity contribution < 1.29 is 19.1 Å². The van der Waals surface area contributed by atoms with Crippen LogP contribution in [-0.4, -0.2) is 52.5 Å². The van der Waals surface area contributed by atoms with Gasteiger partial charge in [0.05, 0.1) is 35.7 Å². The second kappa shape index (κ2) is 10.2. The Balaban J connectivity index is 1.68. The van der Waals surface area contributed by atoms with E-state index in [-0.39, 0.29) is 24.8 Å². The first-order valence-electron chi connectivity index (χ1n) is 11.7. The lowest BCUT2D eigenvalue weighted by Gasteiger charge is -2.27. The van der Waals surface area contributed by atoms with Crippen molar-refractivity contribution in [2.24, 2.45) is 5.73 Å². The minimum atomic E-state index is -0.484. The molecule has 0 bridgehead atoms. The molecule has 2 heterocycles. The first kappa shape index (κ1) is 24.3. The predicted molar refractivity (Wildman–Crippen MR) is 132 cm³/mol. The maximum Gasteiger partial charge on any atom is 0.254 e. The molecule has 3 aromatic rings. The van der Waals surface area contributed by atoms with Gasteiger partial charge in [-0.05, 0) is 69.0 Å². The number of ether oxygens (including phenoxy) is 1. The molecule has 4 rings (SSSR count). The molecule has 1 aliphatic heterocycles. The highest BCUT2D eigenvalue weighted by molar-refractivity contribution is 6.05. The predicted octanol–water partition coefficient (Wildman–Crippen LogP) is 3.40. The molecule has 8 nitrogen and oxygen atoms in total. The van der Waals surface area contributed by atoms with Crippen molar-refractivity contribution in [3.8, 4) is 5.69 Å². The highest BCUT2D eigenvalue weighted by atomic mass is 16.5. The lowest BCUT2D eigenvalue weighted by Crippen LogP contribution is -2.40. The molecule has 2 N–H and O–H groups in total. The lowest BCUT2D eigenvalue weighted by molar-refractivity contribution is 0.0675. The van der Waals surface area contributed by atoms with Gasteiger partial charge in [-0.25, -0.2) is 4.68 Å². The summed E-state index contributed by atoms with van der Waals surface area (Å²) < 4.78 is 6.83. The Kier molecular flexibility index (Phi) is 7.12. The molecule has 0 saturated heterocycles. The van der Waals surface area contributed by atoms with Gasteiger partial charge >= 0.3 is 0 Å². The number of primary amides is 1. The van der Waals surface area contributed by atoms with Gasteiger partial charge in [0.2, 0.25) is 5.91 Å². The second-order valence-corrected chi connectivity index (χ2v) is 8.92. The number of nitrogens with zero attached hydrogens (tertiary/aromatic N) is 3. The normalized spacial score (nSPS) is 13.1. The number of hydrogen-bond acceptors (Lipinski definition) is 5. The van der Waals surface area contributed by atoms with E-state index < -0.39 is 5.91 Å². The number of rotatable bonds is 8. The van der Waals surface area contributed by atoms with E-state index in [0.717, 1.165) is 29.7 Å². The first-order valence-corrected chi connectivity index (χ1v) is 11.7. The molecular weight excluding hydrogens is 444 g/mol. The molecule has 0 fully saturated rings. The number of amides is 2. The molecule has 1 aromatic heterocycles. The van der Waals surface area contributed by atoms with E-state index in [4.69, 9.17) is 10.5 Å². The van der Waals surface area contributed by atoms with Crippen LogP contribution < -0.4 is 5.73 Å². The topological polar surface area (TPSA) is 108 Å². The minimum Gasteiger partial charge on any atom is -0.385 e. The van der Waals surface area contributed by atoms with E-state index in [0.29, 0.717) is 41.1 Å². The van der Waals surface area contributed by atoms with Gasteiger partial charge in [-0.15, -0.1) is 0 Å². The summed E-state index contributed by atoms with van der Waals surface area (Å²) in [5.74, 6) is -0.816. The van der Waals surface area contributed by atoms with Crippen molar-refractivity contribution in [2.45, 2.75) is 39.7 Å². The highest BCUT2D eigenvalue weighted by Crippen LogP contribution is 2.27. The van der Waals surface area contributed by atoms with Crippen LogP contribution in [0.4, 0.5) is 0 Å². The summed E-state index contributed by atoms with van der Waals surface area (Å²) in [6.07, 6.45) is 2.36. The number of carbonyl (C=O) groups excluding carboxylic acids is 3. The van der Waals surface area contributed by atoms with Crippen molar-refractivity contribution in [3.63, 3.8) is 0 Å². The van der Waals surface area contributed by atoms with E-state index in [1.54, 1.807) is 47.9 Å². The number of hydrogen-bond donors (Lipinski definition) is 1. The third-order valence-electron chi connectivity index (χ3n) is 6.34.